The first kappa shape index (κ1) is 17.9. The van der Waals surface area contributed by atoms with Crippen LogP contribution in [0.4, 0.5) is 4.79 Å². The van der Waals surface area contributed by atoms with Gasteiger partial charge in [-0.25, -0.2) is 4.98 Å². The van der Waals surface area contributed by atoms with Gasteiger partial charge in [-0.05, 0) is 30.3 Å². The van der Waals surface area contributed by atoms with Crippen molar-refractivity contribution in [2.24, 2.45) is 0 Å². The predicted octanol–water partition coefficient (Wildman–Crippen LogP) is 4.19. The lowest BCUT2D eigenvalue weighted by Crippen LogP contribution is -2.27. The van der Waals surface area contributed by atoms with Crippen molar-refractivity contribution in [1.82, 2.24) is 14.3 Å². The standard InChI is InChI=1S/C15H15N3O2S2.ClH/c1-2-3-5-11-14(19)18(15(20)22-11)10-21-13-7-4-6-12-16-8-9-17(12)13;/h4-9H,2-3,10H2,1H3;1H. The Balaban J connectivity index is 0.00000192. The molecular weight excluding hydrogens is 354 g/mol. The van der Waals surface area contributed by atoms with E-state index >= 15 is 0 Å². The Morgan fingerprint density at radius 2 is 2.17 bits per heavy atom. The first-order valence-corrected chi connectivity index (χ1v) is 8.79. The highest BCUT2D eigenvalue weighted by atomic mass is 35.5. The number of carbonyl (C=O) groups excluding carboxylic acids is 2. The van der Waals surface area contributed by atoms with Gasteiger partial charge < -0.3 is 0 Å². The third-order valence-corrected chi connectivity index (χ3v) is 5.20. The molecule has 1 aliphatic heterocycles. The van der Waals surface area contributed by atoms with E-state index in [0.29, 0.717) is 10.8 Å². The van der Waals surface area contributed by atoms with Gasteiger partial charge in [-0.1, -0.05) is 37.2 Å². The molecule has 122 valence electrons. The number of rotatable bonds is 5. The lowest BCUT2D eigenvalue weighted by atomic mass is 10.3. The molecule has 1 aliphatic rings. The van der Waals surface area contributed by atoms with E-state index in [1.54, 1.807) is 6.20 Å². The number of amides is 2. The zero-order chi connectivity index (χ0) is 15.5. The Hall–Kier alpha value is -1.44. The highest BCUT2D eigenvalue weighted by molar-refractivity contribution is 8.18. The molecule has 8 heteroatoms. The predicted molar refractivity (Wildman–Crippen MR) is 96.0 cm³/mol. The molecule has 3 rings (SSSR count). The van der Waals surface area contributed by atoms with Gasteiger partial charge in [0.25, 0.3) is 11.1 Å². The van der Waals surface area contributed by atoms with E-state index in [4.69, 9.17) is 0 Å². The van der Waals surface area contributed by atoms with Gasteiger partial charge in [0.2, 0.25) is 0 Å². The molecular formula is C15H16ClN3O2S2. The van der Waals surface area contributed by atoms with Gasteiger partial charge in [-0.15, -0.1) is 12.4 Å². The summed E-state index contributed by atoms with van der Waals surface area (Å²) in [6.07, 6.45) is 7.23. The maximum absolute atomic E-state index is 12.2. The zero-order valence-corrected chi connectivity index (χ0v) is 14.9. The minimum atomic E-state index is -0.197. The summed E-state index contributed by atoms with van der Waals surface area (Å²) < 4.78 is 1.94. The lowest BCUT2D eigenvalue weighted by Gasteiger charge is -2.12. The van der Waals surface area contributed by atoms with Crippen molar-refractivity contribution in [3.63, 3.8) is 0 Å². The number of pyridine rings is 1. The van der Waals surface area contributed by atoms with E-state index in [-0.39, 0.29) is 23.6 Å². The van der Waals surface area contributed by atoms with Gasteiger partial charge in [-0.3, -0.25) is 18.9 Å². The first-order valence-electron chi connectivity index (χ1n) is 6.99. The molecule has 0 N–H and O–H groups in total. The summed E-state index contributed by atoms with van der Waals surface area (Å²) in [7, 11) is 0. The van der Waals surface area contributed by atoms with Gasteiger partial charge in [0, 0.05) is 12.4 Å². The van der Waals surface area contributed by atoms with Crippen LogP contribution in [0.25, 0.3) is 5.65 Å². The van der Waals surface area contributed by atoms with Crippen LogP contribution < -0.4 is 0 Å². The number of carbonyl (C=O) groups is 2. The van der Waals surface area contributed by atoms with Crippen LogP contribution in [0.1, 0.15) is 19.8 Å². The topological polar surface area (TPSA) is 54.7 Å². The monoisotopic (exact) mass is 369 g/mol. The molecule has 0 atom stereocenters. The SMILES string of the molecule is CCCC=C1SC(=O)N(CSc2cccc3nccn23)C1=O.Cl. The minimum Gasteiger partial charge on any atom is -0.294 e. The van der Waals surface area contributed by atoms with E-state index < -0.39 is 0 Å². The fourth-order valence-electron chi connectivity index (χ4n) is 2.09. The number of thioether (sulfide) groups is 2. The van der Waals surface area contributed by atoms with E-state index in [0.717, 1.165) is 35.3 Å². The molecule has 0 aliphatic carbocycles. The van der Waals surface area contributed by atoms with Crippen molar-refractivity contribution < 1.29 is 9.59 Å². The Morgan fingerprint density at radius 1 is 1.35 bits per heavy atom. The number of unbranched alkanes of at least 4 members (excludes halogenated alkanes) is 1. The normalized spacial score (nSPS) is 16.4. The smallest absolute Gasteiger partial charge is 0.294 e. The Kier molecular flexibility index (Phi) is 6.15. The first-order chi connectivity index (χ1) is 10.7. The van der Waals surface area contributed by atoms with Crippen LogP contribution in [0.15, 0.2) is 46.6 Å². The Bertz CT molecular complexity index is 760. The summed E-state index contributed by atoms with van der Waals surface area (Å²) in [5.74, 6) is 0.125. The summed E-state index contributed by atoms with van der Waals surface area (Å²) in [6, 6.07) is 5.78. The number of nitrogens with zero attached hydrogens (tertiary/aromatic N) is 3. The van der Waals surface area contributed by atoms with E-state index in [2.05, 4.69) is 4.98 Å². The van der Waals surface area contributed by atoms with Crippen LogP contribution in [-0.4, -0.2) is 31.3 Å². The molecule has 0 spiro atoms. The number of allylic oxidation sites excluding steroid dienone is 1. The second kappa shape index (κ2) is 7.90. The number of fused-ring (bicyclic) bond motifs is 1. The minimum absolute atomic E-state index is 0. The maximum Gasteiger partial charge on any atom is 0.294 e. The molecule has 0 unspecified atom stereocenters. The Morgan fingerprint density at radius 3 is 2.96 bits per heavy atom. The molecule has 2 amide bonds. The highest BCUT2D eigenvalue weighted by Crippen LogP contribution is 2.33. The molecule has 5 nitrogen and oxygen atoms in total. The number of imide groups is 1. The largest absolute Gasteiger partial charge is 0.294 e. The van der Waals surface area contributed by atoms with Gasteiger partial charge in [0.1, 0.15) is 5.65 Å². The maximum atomic E-state index is 12.2. The Labute approximate surface area is 148 Å². The van der Waals surface area contributed by atoms with Crippen LogP contribution in [0, 0.1) is 0 Å². The molecule has 3 heterocycles. The zero-order valence-electron chi connectivity index (χ0n) is 12.5. The van der Waals surface area contributed by atoms with Crippen molar-refractivity contribution in [3.8, 4) is 0 Å². The molecule has 0 aromatic carbocycles. The van der Waals surface area contributed by atoms with Crippen LogP contribution in [0.3, 0.4) is 0 Å². The summed E-state index contributed by atoms with van der Waals surface area (Å²) in [5.41, 5.74) is 0.849. The number of hydrogen-bond acceptors (Lipinski definition) is 5. The molecule has 2 aromatic heterocycles. The summed E-state index contributed by atoms with van der Waals surface area (Å²) in [4.78, 5) is 30.3. The van der Waals surface area contributed by atoms with Crippen molar-refractivity contribution in [3.05, 3.63) is 41.6 Å². The second-order valence-corrected chi connectivity index (χ2v) is 6.71. The van der Waals surface area contributed by atoms with Crippen LogP contribution >= 0.6 is 35.9 Å². The third kappa shape index (κ3) is 3.73. The fraction of sp³-hybridized carbons (Fsp3) is 0.267. The second-order valence-electron chi connectivity index (χ2n) is 4.75. The van der Waals surface area contributed by atoms with Gasteiger partial charge in [0.15, 0.2) is 0 Å². The van der Waals surface area contributed by atoms with Crippen molar-refractivity contribution in [1.29, 1.82) is 0 Å². The van der Waals surface area contributed by atoms with E-state index in [1.807, 2.05) is 41.8 Å². The van der Waals surface area contributed by atoms with Crippen LogP contribution in [-0.2, 0) is 4.79 Å². The molecule has 0 bridgehead atoms. The highest BCUT2D eigenvalue weighted by Gasteiger charge is 2.34. The van der Waals surface area contributed by atoms with Gasteiger partial charge in [-0.2, -0.15) is 0 Å². The molecule has 1 saturated heterocycles. The fourth-order valence-corrected chi connectivity index (χ4v) is 3.98. The summed E-state index contributed by atoms with van der Waals surface area (Å²) >= 11 is 2.48. The molecule has 0 saturated carbocycles. The van der Waals surface area contributed by atoms with Crippen molar-refractivity contribution >= 4 is 52.7 Å². The summed E-state index contributed by atoms with van der Waals surface area (Å²) in [6.45, 7) is 2.04. The van der Waals surface area contributed by atoms with Crippen LogP contribution in [0.2, 0.25) is 0 Å². The van der Waals surface area contributed by atoms with Crippen molar-refractivity contribution in [2.45, 2.75) is 24.8 Å². The lowest BCUT2D eigenvalue weighted by molar-refractivity contribution is -0.122. The molecule has 2 aromatic rings. The summed E-state index contributed by atoms with van der Waals surface area (Å²) in [5, 5.41) is 0.754. The van der Waals surface area contributed by atoms with E-state index in [9.17, 15) is 9.59 Å². The van der Waals surface area contributed by atoms with Crippen molar-refractivity contribution in [2.75, 3.05) is 5.88 Å². The average molecular weight is 370 g/mol. The third-order valence-electron chi connectivity index (χ3n) is 3.22. The number of aromatic nitrogens is 2. The quantitative estimate of drug-likeness (QED) is 0.584. The van der Waals surface area contributed by atoms with Gasteiger partial charge >= 0.3 is 0 Å². The average Bonchev–Trinajstić information content (AvgIpc) is 3.09. The number of imidazole rings is 1. The molecule has 0 radical (unpaired) electrons. The van der Waals surface area contributed by atoms with Crippen LogP contribution in [0.5, 0.6) is 0 Å². The van der Waals surface area contributed by atoms with Gasteiger partial charge in [0.05, 0.1) is 15.8 Å². The number of halogens is 1. The molecule has 1 fully saturated rings. The van der Waals surface area contributed by atoms with E-state index in [1.165, 1.54) is 16.7 Å². The molecule has 23 heavy (non-hydrogen) atoms. The number of hydrogen-bond donors (Lipinski definition) is 0.